The molecule has 1 fully saturated rings. The Hall–Kier alpha value is -5.24. The lowest BCUT2D eigenvalue weighted by Gasteiger charge is -2.35. The number of nitrogens with two attached hydrogens (primary N) is 1. The molecule has 1 aliphatic heterocycles. The second-order valence-electron chi connectivity index (χ2n) is 10.8. The number of nitrogens with one attached hydrogen (secondary N) is 2. The molecule has 0 unspecified atom stereocenters. The number of nitrogen functional groups attached to an aromatic ring is 1. The van der Waals surface area contributed by atoms with Crippen LogP contribution in [0.3, 0.4) is 0 Å². The fraction of sp³-hybridized carbons (Fsp3) is 0.250. The van der Waals surface area contributed by atoms with E-state index in [1.54, 1.807) is 18.2 Å². The summed E-state index contributed by atoms with van der Waals surface area (Å²) >= 11 is 0. The summed E-state index contributed by atoms with van der Waals surface area (Å²) in [6, 6.07) is 12.4. The molecule has 218 valence electrons. The fourth-order valence-corrected chi connectivity index (χ4v) is 6.07. The molecule has 0 atom stereocenters. The van der Waals surface area contributed by atoms with E-state index in [4.69, 9.17) is 10.5 Å². The number of pyridine rings is 1. The first-order valence-corrected chi connectivity index (χ1v) is 13.8. The van der Waals surface area contributed by atoms with Gasteiger partial charge in [0, 0.05) is 48.4 Å². The summed E-state index contributed by atoms with van der Waals surface area (Å²) in [4.78, 5) is 29.3. The summed E-state index contributed by atoms with van der Waals surface area (Å²) in [5.74, 6) is -3.08. The zero-order chi connectivity index (χ0) is 30.5. The topological polar surface area (TPSA) is 135 Å². The molecule has 4 N–H and O–H groups in total. The molecule has 6 rings (SSSR count). The normalized spacial score (nSPS) is 15.3. The molecule has 3 heterocycles. The van der Waals surface area contributed by atoms with Crippen molar-refractivity contribution in [1.29, 1.82) is 5.26 Å². The monoisotopic (exact) mass is 582 g/mol. The molecule has 2 aromatic heterocycles. The SMILES string of the molecule is C=CC(=O)Nc1ccc2c(c1)CCCn1c-2c(-c2ccc(C(=O)NC3CC(F)(F)C3)c(OC)c2)c2c(N)ncc(C#N)c21. The van der Waals surface area contributed by atoms with Gasteiger partial charge in [0.25, 0.3) is 11.8 Å². The van der Waals surface area contributed by atoms with Crippen LogP contribution < -0.4 is 21.1 Å². The molecule has 2 aliphatic rings. The summed E-state index contributed by atoms with van der Waals surface area (Å²) in [6.07, 6.45) is 3.37. The van der Waals surface area contributed by atoms with Crippen molar-refractivity contribution >= 4 is 34.2 Å². The van der Waals surface area contributed by atoms with Gasteiger partial charge >= 0.3 is 0 Å². The molecule has 43 heavy (non-hydrogen) atoms. The van der Waals surface area contributed by atoms with Gasteiger partial charge in [-0.2, -0.15) is 5.26 Å². The number of alkyl halides is 2. The van der Waals surface area contributed by atoms with Crippen molar-refractivity contribution in [3.63, 3.8) is 0 Å². The van der Waals surface area contributed by atoms with Gasteiger partial charge in [0.15, 0.2) is 0 Å². The maximum atomic E-state index is 13.3. The minimum absolute atomic E-state index is 0.211. The molecule has 0 radical (unpaired) electrons. The van der Waals surface area contributed by atoms with Crippen molar-refractivity contribution in [1.82, 2.24) is 14.9 Å². The Bertz CT molecular complexity index is 1870. The molecular weight excluding hydrogens is 554 g/mol. The highest BCUT2D eigenvalue weighted by atomic mass is 19.3. The Morgan fingerprint density at radius 3 is 2.74 bits per heavy atom. The number of benzene rings is 2. The maximum absolute atomic E-state index is 13.3. The number of hydrogen-bond acceptors (Lipinski definition) is 6. The summed E-state index contributed by atoms with van der Waals surface area (Å²) in [6.45, 7) is 4.11. The van der Waals surface area contributed by atoms with Gasteiger partial charge in [0.1, 0.15) is 17.6 Å². The molecule has 11 heteroatoms. The number of carbonyl (C=O) groups excluding carboxylic acids is 2. The smallest absolute Gasteiger partial charge is 0.255 e. The molecule has 1 aliphatic carbocycles. The molecule has 0 saturated heterocycles. The molecule has 2 amide bonds. The first-order chi connectivity index (χ1) is 20.6. The Kier molecular flexibility index (Phi) is 6.85. The lowest BCUT2D eigenvalue weighted by molar-refractivity contribution is -0.111. The maximum Gasteiger partial charge on any atom is 0.255 e. The highest BCUT2D eigenvalue weighted by Gasteiger charge is 2.46. The number of aromatic nitrogens is 2. The van der Waals surface area contributed by atoms with E-state index in [9.17, 15) is 23.6 Å². The number of carbonyl (C=O) groups is 2. The number of amides is 2. The van der Waals surface area contributed by atoms with Gasteiger partial charge < -0.3 is 25.7 Å². The van der Waals surface area contributed by atoms with Crippen molar-refractivity contribution < 1.29 is 23.1 Å². The number of aryl methyl sites for hydroxylation is 2. The van der Waals surface area contributed by atoms with E-state index in [1.165, 1.54) is 19.4 Å². The lowest BCUT2D eigenvalue weighted by Crippen LogP contribution is -2.50. The molecular formula is C32H28F2N6O3. The van der Waals surface area contributed by atoms with Gasteiger partial charge in [-0.3, -0.25) is 9.59 Å². The van der Waals surface area contributed by atoms with Gasteiger partial charge in [-0.25, -0.2) is 13.8 Å². The van der Waals surface area contributed by atoms with E-state index in [0.717, 1.165) is 29.7 Å². The molecule has 1 saturated carbocycles. The van der Waals surface area contributed by atoms with E-state index < -0.39 is 30.7 Å². The van der Waals surface area contributed by atoms with Crippen LogP contribution in [0.2, 0.25) is 0 Å². The van der Waals surface area contributed by atoms with Crippen LogP contribution in [0.5, 0.6) is 5.75 Å². The number of rotatable bonds is 6. The third kappa shape index (κ3) is 4.84. The largest absolute Gasteiger partial charge is 0.496 e. The van der Waals surface area contributed by atoms with Gasteiger partial charge in [-0.05, 0) is 54.3 Å². The van der Waals surface area contributed by atoms with E-state index in [0.29, 0.717) is 39.8 Å². The van der Waals surface area contributed by atoms with Crippen LogP contribution >= 0.6 is 0 Å². The fourth-order valence-electron chi connectivity index (χ4n) is 6.07. The van der Waals surface area contributed by atoms with Crippen LogP contribution in [0, 0.1) is 11.3 Å². The second-order valence-corrected chi connectivity index (χ2v) is 10.8. The average molecular weight is 583 g/mol. The third-order valence-electron chi connectivity index (χ3n) is 8.03. The Labute approximate surface area is 246 Å². The van der Waals surface area contributed by atoms with Crippen LogP contribution in [0.1, 0.15) is 40.7 Å². The summed E-state index contributed by atoms with van der Waals surface area (Å²) in [5, 5.41) is 16.1. The van der Waals surface area contributed by atoms with Gasteiger partial charge in [0.05, 0.1) is 34.8 Å². The Morgan fingerprint density at radius 2 is 2.05 bits per heavy atom. The number of ether oxygens (including phenoxy) is 1. The van der Waals surface area contributed by atoms with Gasteiger partial charge in [-0.1, -0.05) is 18.7 Å². The second kappa shape index (κ2) is 10.5. The number of hydrogen-bond donors (Lipinski definition) is 3. The van der Waals surface area contributed by atoms with Gasteiger partial charge in [0.2, 0.25) is 5.91 Å². The molecule has 4 aromatic rings. The number of nitriles is 1. The first-order valence-electron chi connectivity index (χ1n) is 13.8. The minimum Gasteiger partial charge on any atom is -0.496 e. The minimum atomic E-state index is -2.76. The highest BCUT2D eigenvalue weighted by molar-refractivity contribution is 6.12. The van der Waals surface area contributed by atoms with Crippen LogP contribution in [0.4, 0.5) is 20.3 Å². The molecule has 2 aromatic carbocycles. The van der Waals surface area contributed by atoms with Crippen LogP contribution in [-0.4, -0.2) is 40.4 Å². The van der Waals surface area contributed by atoms with Crippen molar-refractivity contribution in [3.8, 4) is 34.2 Å². The van der Waals surface area contributed by atoms with Crippen molar-refractivity contribution in [3.05, 3.63) is 71.9 Å². The van der Waals surface area contributed by atoms with Crippen molar-refractivity contribution in [2.45, 2.75) is 44.2 Å². The van der Waals surface area contributed by atoms with E-state index in [-0.39, 0.29) is 23.0 Å². The summed E-state index contributed by atoms with van der Waals surface area (Å²) < 4.78 is 34.4. The standard InChI is InChI=1S/C32H28F2N6O3/c1-3-25(41)38-20-7-9-22-17(11-20)5-4-10-40-28-19(15-35)16-37-30(36)27(28)26(29(22)40)18-6-8-23(24(12-18)43-2)31(42)39-21-13-32(33,34)14-21/h3,6-9,11-12,16,21H,1,4-5,10,13-14H2,2H3,(H2,36,37)(H,38,41)(H,39,42). The van der Waals surface area contributed by atoms with Crippen molar-refractivity contribution in [2.24, 2.45) is 0 Å². The Balaban J connectivity index is 1.53. The molecule has 0 bridgehead atoms. The quantitative estimate of drug-likeness (QED) is 0.260. The zero-order valence-electron chi connectivity index (χ0n) is 23.3. The lowest BCUT2D eigenvalue weighted by atomic mass is 9.88. The van der Waals surface area contributed by atoms with Crippen LogP contribution in [0.25, 0.3) is 33.3 Å². The number of fused-ring (bicyclic) bond motifs is 5. The summed E-state index contributed by atoms with van der Waals surface area (Å²) in [5.41, 5.74) is 12.4. The highest BCUT2D eigenvalue weighted by Crippen LogP contribution is 2.47. The molecule has 9 nitrogen and oxygen atoms in total. The van der Waals surface area contributed by atoms with Crippen LogP contribution in [-0.2, 0) is 17.8 Å². The number of methoxy groups -OCH3 is 1. The number of nitrogens with zero attached hydrogens (tertiary/aromatic N) is 3. The predicted molar refractivity (Wildman–Crippen MR) is 159 cm³/mol. The molecule has 0 spiro atoms. The van der Waals surface area contributed by atoms with Crippen molar-refractivity contribution in [2.75, 3.05) is 18.2 Å². The average Bonchev–Trinajstić information content (AvgIpc) is 3.20. The number of anilines is 2. The predicted octanol–water partition coefficient (Wildman–Crippen LogP) is 5.43. The van der Waals surface area contributed by atoms with E-state index >= 15 is 0 Å². The third-order valence-corrected chi connectivity index (χ3v) is 8.03. The van der Waals surface area contributed by atoms with Gasteiger partial charge in [-0.15, -0.1) is 0 Å². The van der Waals surface area contributed by atoms with E-state index in [1.807, 2.05) is 18.2 Å². The summed E-state index contributed by atoms with van der Waals surface area (Å²) in [7, 11) is 1.43. The Morgan fingerprint density at radius 1 is 1.26 bits per heavy atom. The number of halogens is 2. The zero-order valence-corrected chi connectivity index (χ0v) is 23.3. The first kappa shape index (κ1) is 27.9. The van der Waals surface area contributed by atoms with Crippen LogP contribution in [0.15, 0.2) is 55.3 Å². The van der Waals surface area contributed by atoms with E-state index in [2.05, 4.69) is 32.8 Å².